The van der Waals surface area contributed by atoms with Crippen molar-refractivity contribution in [2.45, 2.75) is 12.6 Å². The number of hydrogen-bond donors (Lipinski definition) is 3. The molecule has 2 aromatic rings. The van der Waals surface area contributed by atoms with Gasteiger partial charge in [0, 0.05) is 17.9 Å². The molecule has 0 aliphatic carbocycles. The number of carbonyl (C=O) groups is 2. The lowest BCUT2D eigenvalue weighted by Crippen LogP contribution is -2.30. The van der Waals surface area contributed by atoms with Gasteiger partial charge in [0.05, 0.1) is 7.11 Å². The number of amides is 3. The highest BCUT2D eigenvalue weighted by atomic mass is 19.4. The van der Waals surface area contributed by atoms with Crippen molar-refractivity contribution in [1.82, 2.24) is 5.32 Å². The zero-order chi connectivity index (χ0) is 19.9. The van der Waals surface area contributed by atoms with E-state index in [2.05, 4.69) is 10.6 Å². The first-order valence-electron chi connectivity index (χ1n) is 7.94. The lowest BCUT2D eigenvalue weighted by atomic mass is 10.1. The van der Waals surface area contributed by atoms with Gasteiger partial charge in [0.2, 0.25) is 0 Å². The Morgan fingerprint density at radius 1 is 0.963 bits per heavy atom. The van der Waals surface area contributed by atoms with E-state index >= 15 is 0 Å². The zero-order valence-electron chi connectivity index (χ0n) is 14.4. The summed E-state index contributed by atoms with van der Waals surface area (Å²) in [5.41, 5.74) is 1.29. The van der Waals surface area contributed by atoms with Gasteiger partial charge in [0.25, 0.3) is 0 Å². The summed E-state index contributed by atoms with van der Waals surface area (Å²) in [5.74, 6) is -1.33. The van der Waals surface area contributed by atoms with E-state index < -0.39 is 18.1 Å². The molecule has 0 spiro atoms. The first-order chi connectivity index (χ1) is 12.8. The van der Waals surface area contributed by atoms with E-state index in [9.17, 15) is 22.8 Å². The van der Waals surface area contributed by atoms with Gasteiger partial charge in [-0.2, -0.15) is 13.2 Å². The maximum Gasteiger partial charge on any atom is 0.471 e. The van der Waals surface area contributed by atoms with Crippen molar-refractivity contribution in [3.8, 4) is 5.75 Å². The minimum atomic E-state index is -4.96. The number of para-hydroxylation sites is 1. The maximum atomic E-state index is 12.2. The van der Waals surface area contributed by atoms with Gasteiger partial charge in [-0.3, -0.25) is 4.79 Å². The molecule has 27 heavy (non-hydrogen) atoms. The molecule has 0 aromatic heterocycles. The van der Waals surface area contributed by atoms with Gasteiger partial charge in [-0.05, 0) is 42.3 Å². The predicted molar refractivity (Wildman–Crippen MR) is 94.8 cm³/mol. The third-order valence-corrected chi connectivity index (χ3v) is 3.53. The fraction of sp³-hybridized carbons (Fsp3) is 0.222. The number of carbonyl (C=O) groups excluding carboxylic acids is 2. The molecule has 0 radical (unpaired) electrons. The number of halogens is 3. The van der Waals surface area contributed by atoms with Crippen LogP contribution in [0.25, 0.3) is 0 Å². The molecule has 0 aliphatic heterocycles. The number of rotatable bonds is 6. The Morgan fingerprint density at radius 2 is 1.56 bits per heavy atom. The average Bonchev–Trinajstić information content (AvgIpc) is 2.63. The second kappa shape index (κ2) is 8.93. The van der Waals surface area contributed by atoms with Gasteiger partial charge in [-0.1, -0.05) is 18.2 Å². The van der Waals surface area contributed by atoms with Crippen molar-refractivity contribution >= 4 is 23.3 Å². The average molecular weight is 381 g/mol. The van der Waals surface area contributed by atoms with Crippen LogP contribution in [0.1, 0.15) is 5.56 Å². The van der Waals surface area contributed by atoms with Crippen molar-refractivity contribution in [3.63, 3.8) is 0 Å². The molecule has 3 N–H and O–H groups in total. The van der Waals surface area contributed by atoms with Gasteiger partial charge >= 0.3 is 18.1 Å². The van der Waals surface area contributed by atoms with E-state index in [1.807, 2.05) is 24.3 Å². The SMILES string of the molecule is COc1ccccc1CCNC(=O)Nc1ccc(NC(=O)C(F)(F)F)cc1. The van der Waals surface area contributed by atoms with Gasteiger partial charge in [0.1, 0.15) is 5.75 Å². The monoisotopic (exact) mass is 381 g/mol. The van der Waals surface area contributed by atoms with Crippen LogP contribution in [-0.2, 0) is 11.2 Å². The standard InChI is InChI=1S/C18H18F3N3O3/c1-27-15-5-3-2-4-12(15)10-11-22-17(26)24-14-8-6-13(7-9-14)23-16(25)18(19,20)21/h2-9H,10-11H2,1H3,(H,23,25)(H2,22,24,26). The molecule has 0 unspecified atom stereocenters. The highest BCUT2D eigenvalue weighted by molar-refractivity contribution is 5.95. The molecule has 0 saturated carbocycles. The van der Waals surface area contributed by atoms with Gasteiger partial charge in [-0.25, -0.2) is 4.79 Å². The summed E-state index contributed by atoms with van der Waals surface area (Å²) in [6, 6.07) is 12.3. The summed E-state index contributed by atoms with van der Waals surface area (Å²) >= 11 is 0. The molecular weight excluding hydrogens is 363 g/mol. The Bertz CT molecular complexity index is 792. The number of hydrogen-bond acceptors (Lipinski definition) is 3. The number of nitrogens with one attached hydrogen (secondary N) is 3. The molecule has 0 fully saturated rings. The van der Waals surface area contributed by atoms with Crippen LogP contribution in [0, 0.1) is 0 Å². The van der Waals surface area contributed by atoms with Crippen LogP contribution in [-0.4, -0.2) is 31.8 Å². The molecule has 0 heterocycles. The molecule has 2 rings (SSSR count). The number of benzene rings is 2. The van der Waals surface area contributed by atoms with Crippen LogP contribution in [0.5, 0.6) is 5.75 Å². The van der Waals surface area contributed by atoms with E-state index in [1.165, 1.54) is 24.3 Å². The lowest BCUT2D eigenvalue weighted by molar-refractivity contribution is -0.167. The van der Waals surface area contributed by atoms with Gasteiger partial charge in [0.15, 0.2) is 0 Å². The maximum absolute atomic E-state index is 12.2. The summed E-state index contributed by atoms with van der Waals surface area (Å²) < 4.78 is 41.8. The molecule has 6 nitrogen and oxygen atoms in total. The third-order valence-electron chi connectivity index (χ3n) is 3.53. The number of anilines is 2. The van der Waals surface area contributed by atoms with E-state index in [0.717, 1.165) is 11.3 Å². The second-order valence-corrected chi connectivity index (χ2v) is 5.47. The predicted octanol–water partition coefficient (Wildman–Crippen LogP) is 3.56. The Kier molecular flexibility index (Phi) is 6.64. The normalized spacial score (nSPS) is 10.8. The summed E-state index contributed by atoms with van der Waals surface area (Å²) in [6.07, 6.45) is -4.39. The quantitative estimate of drug-likeness (QED) is 0.716. The number of urea groups is 1. The molecule has 0 atom stereocenters. The van der Waals surface area contributed by atoms with Crippen molar-refractivity contribution in [2.24, 2.45) is 0 Å². The Labute approximate surface area is 153 Å². The van der Waals surface area contributed by atoms with Crippen LogP contribution in [0.15, 0.2) is 48.5 Å². The lowest BCUT2D eigenvalue weighted by Gasteiger charge is -2.11. The largest absolute Gasteiger partial charge is 0.496 e. The molecule has 0 bridgehead atoms. The van der Waals surface area contributed by atoms with Gasteiger partial charge < -0.3 is 20.7 Å². The van der Waals surface area contributed by atoms with Gasteiger partial charge in [-0.15, -0.1) is 0 Å². The molecule has 2 aromatic carbocycles. The van der Waals surface area contributed by atoms with Crippen molar-refractivity contribution in [2.75, 3.05) is 24.3 Å². The number of ether oxygens (including phenoxy) is 1. The molecule has 0 aliphatic rings. The highest BCUT2D eigenvalue weighted by Gasteiger charge is 2.38. The molecule has 0 saturated heterocycles. The molecular formula is C18H18F3N3O3. The first kappa shape index (κ1) is 20.1. The van der Waals surface area contributed by atoms with E-state index in [4.69, 9.17) is 4.74 Å². The Balaban J connectivity index is 1.81. The summed E-state index contributed by atoms with van der Waals surface area (Å²) in [5, 5.41) is 6.95. The van der Waals surface area contributed by atoms with Crippen molar-refractivity contribution in [1.29, 1.82) is 0 Å². The van der Waals surface area contributed by atoms with Crippen LogP contribution >= 0.6 is 0 Å². The van der Waals surface area contributed by atoms with Crippen LogP contribution in [0.2, 0.25) is 0 Å². The minimum absolute atomic E-state index is 0.0283. The highest BCUT2D eigenvalue weighted by Crippen LogP contribution is 2.20. The number of alkyl halides is 3. The summed E-state index contributed by atoms with van der Waals surface area (Å²) in [6.45, 7) is 0.367. The van der Waals surface area contributed by atoms with E-state index in [1.54, 1.807) is 12.4 Å². The van der Waals surface area contributed by atoms with Crippen LogP contribution in [0.4, 0.5) is 29.3 Å². The summed E-state index contributed by atoms with van der Waals surface area (Å²) in [4.78, 5) is 22.7. The molecule has 3 amide bonds. The topological polar surface area (TPSA) is 79.5 Å². The smallest absolute Gasteiger partial charge is 0.471 e. The molecule has 9 heteroatoms. The first-order valence-corrected chi connectivity index (χ1v) is 7.94. The second-order valence-electron chi connectivity index (χ2n) is 5.47. The minimum Gasteiger partial charge on any atom is -0.496 e. The van der Waals surface area contributed by atoms with Crippen molar-refractivity contribution < 1.29 is 27.5 Å². The fourth-order valence-electron chi connectivity index (χ4n) is 2.23. The third kappa shape index (κ3) is 6.21. The summed E-state index contributed by atoms with van der Waals surface area (Å²) in [7, 11) is 1.57. The zero-order valence-corrected chi connectivity index (χ0v) is 14.4. The Hall–Kier alpha value is -3.23. The molecule has 144 valence electrons. The Morgan fingerprint density at radius 3 is 2.15 bits per heavy atom. The van der Waals surface area contributed by atoms with Crippen molar-refractivity contribution in [3.05, 3.63) is 54.1 Å². The van der Waals surface area contributed by atoms with Crippen LogP contribution in [0.3, 0.4) is 0 Å². The number of methoxy groups -OCH3 is 1. The van der Waals surface area contributed by atoms with Crippen LogP contribution < -0.4 is 20.7 Å². The fourth-order valence-corrected chi connectivity index (χ4v) is 2.23. The van der Waals surface area contributed by atoms with E-state index in [0.29, 0.717) is 18.7 Å². The van der Waals surface area contributed by atoms with E-state index in [-0.39, 0.29) is 5.69 Å².